The molecule has 0 saturated heterocycles. The fraction of sp³-hybridized carbons (Fsp3) is 0.167. The molecule has 6 nitrogen and oxygen atoms in total. The first kappa shape index (κ1) is 16.5. The molecule has 0 bridgehead atoms. The molecule has 0 unspecified atom stereocenters. The Kier molecular flexibility index (Phi) is 4.26. The van der Waals surface area contributed by atoms with Crippen LogP contribution < -0.4 is 10.5 Å². The number of ether oxygens (including phenoxy) is 1. The van der Waals surface area contributed by atoms with Crippen LogP contribution in [0.5, 0.6) is 5.75 Å². The van der Waals surface area contributed by atoms with Crippen molar-refractivity contribution in [1.82, 2.24) is 15.0 Å². The number of alkyl halides is 1. The zero-order chi connectivity index (χ0) is 18.1. The number of nitrogens with two attached hydrogens (primary N) is 1. The number of fused-ring (bicyclic) bond motifs is 1. The van der Waals surface area contributed by atoms with E-state index in [1.54, 1.807) is 25.4 Å². The molecule has 4 rings (SSSR count). The number of furan rings is 1. The number of pyridine rings is 1. The van der Waals surface area contributed by atoms with E-state index in [1.807, 2.05) is 18.2 Å². The summed E-state index contributed by atoms with van der Waals surface area (Å²) in [7, 11) is 1.62. The minimum absolute atomic E-state index is 0.233. The number of methoxy groups -OCH3 is 1. The summed E-state index contributed by atoms with van der Waals surface area (Å²) in [4.78, 5) is 15.0. The standard InChI is InChI=1S/C18H15FN4O2S/c1-24-14-3-2-6-21-13(14)8-11-7-12-16(20)22-17(23-18(12)26-11)15-5-4-10(9-19)25-15/h2-7H,8-9H2,1H3,(H2,20,22,23). The molecule has 0 saturated carbocycles. The summed E-state index contributed by atoms with van der Waals surface area (Å²) >= 11 is 1.50. The van der Waals surface area contributed by atoms with Crippen molar-refractivity contribution in [3.63, 3.8) is 0 Å². The summed E-state index contributed by atoms with van der Waals surface area (Å²) in [6, 6.07) is 8.87. The summed E-state index contributed by atoms with van der Waals surface area (Å²) in [5.41, 5.74) is 6.94. The molecule has 0 radical (unpaired) electrons. The molecule has 0 aliphatic carbocycles. The van der Waals surface area contributed by atoms with Crippen LogP contribution in [0.4, 0.5) is 10.2 Å². The Balaban J connectivity index is 1.72. The minimum atomic E-state index is -0.674. The third-order valence-corrected chi connectivity index (χ3v) is 4.93. The van der Waals surface area contributed by atoms with Crippen molar-refractivity contribution in [3.05, 3.63) is 52.9 Å². The van der Waals surface area contributed by atoms with Crippen LogP contribution in [0.2, 0.25) is 0 Å². The lowest BCUT2D eigenvalue weighted by atomic mass is 10.2. The van der Waals surface area contributed by atoms with Crippen LogP contribution in [0.25, 0.3) is 21.8 Å². The Morgan fingerprint density at radius 1 is 1.27 bits per heavy atom. The quantitative estimate of drug-likeness (QED) is 0.571. The van der Waals surface area contributed by atoms with Crippen LogP contribution >= 0.6 is 11.3 Å². The van der Waals surface area contributed by atoms with Crippen LogP contribution in [0.15, 0.2) is 40.9 Å². The largest absolute Gasteiger partial charge is 0.495 e. The summed E-state index contributed by atoms with van der Waals surface area (Å²) < 4.78 is 23.4. The van der Waals surface area contributed by atoms with E-state index in [0.29, 0.717) is 23.8 Å². The molecule has 2 N–H and O–H groups in total. The van der Waals surface area contributed by atoms with E-state index in [0.717, 1.165) is 26.5 Å². The van der Waals surface area contributed by atoms with E-state index >= 15 is 0 Å². The van der Waals surface area contributed by atoms with E-state index in [-0.39, 0.29) is 5.76 Å². The van der Waals surface area contributed by atoms with E-state index in [4.69, 9.17) is 14.9 Å². The van der Waals surface area contributed by atoms with Gasteiger partial charge in [0.15, 0.2) is 11.6 Å². The number of hydrogen-bond donors (Lipinski definition) is 1. The monoisotopic (exact) mass is 370 g/mol. The molecule has 132 valence electrons. The molecule has 0 amide bonds. The average molecular weight is 370 g/mol. The lowest BCUT2D eigenvalue weighted by molar-refractivity contribution is 0.397. The van der Waals surface area contributed by atoms with Gasteiger partial charge in [-0.1, -0.05) is 0 Å². The topological polar surface area (TPSA) is 87.1 Å². The van der Waals surface area contributed by atoms with Crippen LogP contribution in [0.1, 0.15) is 16.3 Å². The van der Waals surface area contributed by atoms with Gasteiger partial charge < -0.3 is 14.9 Å². The molecule has 4 aromatic rings. The first-order valence-electron chi connectivity index (χ1n) is 7.87. The van der Waals surface area contributed by atoms with E-state index in [2.05, 4.69) is 15.0 Å². The normalized spacial score (nSPS) is 11.2. The lowest BCUT2D eigenvalue weighted by Gasteiger charge is -2.04. The SMILES string of the molecule is COc1cccnc1Cc1cc2c(N)nc(-c3ccc(CF)o3)nc2s1. The van der Waals surface area contributed by atoms with Gasteiger partial charge in [-0.3, -0.25) is 4.98 Å². The molecule has 4 heterocycles. The van der Waals surface area contributed by atoms with Crippen LogP contribution in [0, 0.1) is 0 Å². The molecule has 0 atom stereocenters. The Bertz CT molecular complexity index is 1080. The maximum absolute atomic E-state index is 12.7. The fourth-order valence-corrected chi connectivity index (χ4v) is 3.71. The fourth-order valence-electron chi connectivity index (χ4n) is 2.67. The second-order valence-corrected chi connectivity index (χ2v) is 6.71. The zero-order valence-electron chi connectivity index (χ0n) is 13.9. The van der Waals surface area contributed by atoms with Crippen molar-refractivity contribution < 1.29 is 13.5 Å². The van der Waals surface area contributed by atoms with Gasteiger partial charge in [0.25, 0.3) is 0 Å². The number of anilines is 1. The zero-order valence-corrected chi connectivity index (χ0v) is 14.7. The lowest BCUT2D eigenvalue weighted by Crippen LogP contribution is -1.95. The maximum atomic E-state index is 12.7. The molecule has 4 aromatic heterocycles. The van der Waals surface area contributed by atoms with Gasteiger partial charge >= 0.3 is 0 Å². The molecule has 0 aliphatic rings. The average Bonchev–Trinajstić information content (AvgIpc) is 3.29. The van der Waals surface area contributed by atoms with Crippen molar-refractivity contribution >= 4 is 27.4 Å². The maximum Gasteiger partial charge on any atom is 0.199 e. The highest BCUT2D eigenvalue weighted by molar-refractivity contribution is 7.18. The molecular weight excluding hydrogens is 355 g/mol. The van der Waals surface area contributed by atoms with Gasteiger partial charge in [0.05, 0.1) is 18.2 Å². The predicted octanol–water partition coefficient (Wildman–Crippen LogP) is 4.00. The van der Waals surface area contributed by atoms with Crippen LogP contribution in [0.3, 0.4) is 0 Å². The van der Waals surface area contributed by atoms with Crippen molar-refractivity contribution in [2.45, 2.75) is 13.1 Å². The number of hydrogen-bond acceptors (Lipinski definition) is 7. The third kappa shape index (κ3) is 2.99. The number of thiophene rings is 1. The van der Waals surface area contributed by atoms with Gasteiger partial charge in [0, 0.05) is 17.5 Å². The van der Waals surface area contributed by atoms with E-state index < -0.39 is 6.67 Å². The van der Waals surface area contributed by atoms with Gasteiger partial charge in [-0.05, 0) is 30.3 Å². The number of rotatable bonds is 5. The summed E-state index contributed by atoms with van der Waals surface area (Å²) in [5.74, 6) is 2.07. The second kappa shape index (κ2) is 6.72. The minimum Gasteiger partial charge on any atom is -0.495 e. The number of nitrogens with zero attached hydrogens (tertiary/aromatic N) is 3. The van der Waals surface area contributed by atoms with Crippen LogP contribution in [-0.2, 0) is 13.1 Å². The molecule has 0 aromatic carbocycles. The Labute approximate surface area is 152 Å². The van der Waals surface area contributed by atoms with Crippen molar-refractivity contribution in [2.75, 3.05) is 12.8 Å². The first-order chi connectivity index (χ1) is 12.7. The summed E-state index contributed by atoms with van der Waals surface area (Å²) in [6.07, 6.45) is 2.34. The third-order valence-electron chi connectivity index (χ3n) is 3.90. The molecule has 26 heavy (non-hydrogen) atoms. The Hall–Kier alpha value is -3.00. The van der Waals surface area contributed by atoms with Gasteiger partial charge in [-0.15, -0.1) is 11.3 Å². The van der Waals surface area contributed by atoms with Gasteiger partial charge in [-0.25, -0.2) is 14.4 Å². The molecule has 0 fully saturated rings. The second-order valence-electron chi connectivity index (χ2n) is 5.59. The Morgan fingerprint density at radius 2 is 2.15 bits per heavy atom. The van der Waals surface area contributed by atoms with Crippen molar-refractivity contribution in [1.29, 1.82) is 0 Å². The summed E-state index contributed by atoms with van der Waals surface area (Å²) in [6.45, 7) is -0.674. The molecule has 0 aliphatic heterocycles. The number of aromatic nitrogens is 3. The van der Waals surface area contributed by atoms with Gasteiger partial charge in [-0.2, -0.15) is 0 Å². The first-order valence-corrected chi connectivity index (χ1v) is 8.68. The smallest absolute Gasteiger partial charge is 0.199 e. The highest BCUT2D eigenvalue weighted by Crippen LogP contribution is 2.32. The molecule has 0 spiro atoms. The van der Waals surface area contributed by atoms with Gasteiger partial charge in [0.1, 0.15) is 28.8 Å². The van der Waals surface area contributed by atoms with Crippen molar-refractivity contribution in [2.24, 2.45) is 0 Å². The van der Waals surface area contributed by atoms with E-state index in [9.17, 15) is 4.39 Å². The van der Waals surface area contributed by atoms with Crippen LogP contribution in [-0.4, -0.2) is 22.1 Å². The molecular formula is C18H15FN4O2S. The molecule has 8 heteroatoms. The van der Waals surface area contributed by atoms with E-state index in [1.165, 1.54) is 11.3 Å². The van der Waals surface area contributed by atoms with Crippen molar-refractivity contribution in [3.8, 4) is 17.3 Å². The van der Waals surface area contributed by atoms with Gasteiger partial charge in [0.2, 0.25) is 0 Å². The predicted molar refractivity (Wildman–Crippen MR) is 97.9 cm³/mol. The highest BCUT2D eigenvalue weighted by Gasteiger charge is 2.15. The Morgan fingerprint density at radius 3 is 2.92 bits per heavy atom. The number of halogens is 1. The number of nitrogen functional groups attached to an aromatic ring is 1. The highest BCUT2D eigenvalue weighted by atomic mass is 32.1. The summed E-state index contributed by atoms with van der Waals surface area (Å²) in [5, 5.41) is 0.779.